The Morgan fingerprint density at radius 1 is 0.962 bits per heavy atom. The highest BCUT2D eigenvalue weighted by atomic mass is 32.2. The van der Waals surface area contributed by atoms with Crippen LogP contribution in [0, 0.1) is 0 Å². The van der Waals surface area contributed by atoms with E-state index >= 15 is 0 Å². The zero-order valence-corrected chi connectivity index (χ0v) is 15.4. The van der Waals surface area contributed by atoms with Crippen LogP contribution >= 0.6 is 11.8 Å². The summed E-state index contributed by atoms with van der Waals surface area (Å²) < 4.78 is 10.8. The van der Waals surface area contributed by atoms with Gasteiger partial charge in [0, 0.05) is 16.8 Å². The van der Waals surface area contributed by atoms with Crippen molar-refractivity contribution in [1.82, 2.24) is 0 Å². The standard InChI is InChI=1S/C21H21NO3S/c1-24-17-9-11-18(12-10-17)25-13-14-26-15-21(23)22-20-8-4-6-16-5-2-3-7-19(16)20/h2-12H,13-15H2,1H3,(H,22,23). The van der Waals surface area contributed by atoms with Crippen LogP contribution in [0.2, 0.25) is 0 Å². The first-order valence-electron chi connectivity index (χ1n) is 8.38. The third-order valence-electron chi connectivity index (χ3n) is 3.85. The SMILES string of the molecule is COc1ccc(OCCSCC(=O)Nc2cccc3ccccc23)cc1. The molecule has 0 aliphatic rings. The molecule has 0 aliphatic heterocycles. The van der Waals surface area contributed by atoms with Crippen molar-refractivity contribution < 1.29 is 14.3 Å². The fourth-order valence-electron chi connectivity index (χ4n) is 2.58. The molecule has 1 amide bonds. The molecule has 0 fully saturated rings. The number of methoxy groups -OCH3 is 1. The van der Waals surface area contributed by atoms with Gasteiger partial charge in [-0.15, -0.1) is 11.8 Å². The fraction of sp³-hybridized carbons (Fsp3) is 0.190. The van der Waals surface area contributed by atoms with Crippen molar-refractivity contribution in [2.45, 2.75) is 0 Å². The first-order valence-corrected chi connectivity index (χ1v) is 9.54. The molecule has 0 saturated heterocycles. The third kappa shape index (κ3) is 4.92. The first-order chi connectivity index (χ1) is 12.8. The summed E-state index contributed by atoms with van der Waals surface area (Å²) in [7, 11) is 1.63. The minimum absolute atomic E-state index is 0.00389. The second-order valence-electron chi connectivity index (χ2n) is 5.65. The summed E-state index contributed by atoms with van der Waals surface area (Å²) in [5.41, 5.74) is 0.850. The zero-order valence-electron chi connectivity index (χ0n) is 14.6. The number of hydrogen-bond donors (Lipinski definition) is 1. The number of carbonyl (C=O) groups excluding carboxylic acids is 1. The lowest BCUT2D eigenvalue weighted by Crippen LogP contribution is -2.15. The minimum atomic E-state index is -0.00389. The molecule has 0 heterocycles. The van der Waals surface area contributed by atoms with E-state index in [4.69, 9.17) is 9.47 Å². The van der Waals surface area contributed by atoms with E-state index in [1.54, 1.807) is 18.9 Å². The summed E-state index contributed by atoms with van der Waals surface area (Å²) in [5.74, 6) is 2.74. The molecule has 0 unspecified atom stereocenters. The Bertz CT molecular complexity index is 859. The van der Waals surface area contributed by atoms with Gasteiger partial charge in [-0.3, -0.25) is 4.79 Å². The summed E-state index contributed by atoms with van der Waals surface area (Å²) in [6.45, 7) is 0.554. The largest absolute Gasteiger partial charge is 0.497 e. The van der Waals surface area contributed by atoms with Gasteiger partial charge in [0.05, 0.1) is 19.5 Å². The Morgan fingerprint density at radius 3 is 2.50 bits per heavy atom. The number of fused-ring (bicyclic) bond motifs is 1. The van der Waals surface area contributed by atoms with Crippen LogP contribution in [0.25, 0.3) is 10.8 Å². The molecule has 3 aromatic rings. The number of ether oxygens (including phenoxy) is 2. The smallest absolute Gasteiger partial charge is 0.234 e. The Hall–Kier alpha value is -2.66. The number of thioether (sulfide) groups is 1. The molecule has 1 N–H and O–H groups in total. The van der Waals surface area contributed by atoms with Gasteiger partial charge in [-0.05, 0) is 35.7 Å². The van der Waals surface area contributed by atoms with Gasteiger partial charge >= 0.3 is 0 Å². The van der Waals surface area contributed by atoms with Crippen LogP contribution in [-0.4, -0.2) is 31.1 Å². The number of benzene rings is 3. The molecule has 3 aromatic carbocycles. The van der Waals surface area contributed by atoms with Gasteiger partial charge in [0.15, 0.2) is 0 Å². The van der Waals surface area contributed by atoms with Crippen molar-refractivity contribution in [3.63, 3.8) is 0 Å². The topological polar surface area (TPSA) is 47.6 Å². The molecule has 134 valence electrons. The lowest BCUT2D eigenvalue weighted by atomic mass is 10.1. The van der Waals surface area contributed by atoms with Gasteiger partial charge in [-0.25, -0.2) is 0 Å². The lowest BCUT2D eigenvalue weighted by molar-refractivity contribution is -0.113. The van der Waals surface area contributed by atoms with Gasteiger partial charge in [0.25, 0.3) is 0 Å². The molecule has 26 heavy (non-hydrogen) atoms. The van der Waals surface area contributed by atoms with Crippen LogP contribution in [0.3, 0.4) is 0 Å². The van der Waals surface area contributed by atoms with Crippen molar-refractivity contribution in [1.29, 1.82) is 0 Å². The molecule has 3 rings (SSSR count). The first kappa shape index (κ1) is 18.1. The van der Waals surface area contributed by atoms with Crippen LogP contribution in [0.4, 0.5) is 5.69 Å². The van der Waals surface area contributed by atoms with Gasteiger partial charge in [-0.2, -0.15) is 0 Å². The average Bonchev–Trinajstić information content (AvgIpc) is 2.68. The third-order valence-corrected chi connectivity index (χ3v) is 4.77. The number of nitrogens with one attached hydrogen (secondary N) is 1. The van der Waals surface area contributed by atoms with E-state index in [1.165, 1.54) is 0 Å². The predicted molar refractivity (Wildman–Crippen MR) is 108 cm³/mol. The molecule has 0 saturated carbocycles. The lowest BCUT2D eigenvalue weighted by Gasteiger charge is -2.09. The summed E-state index contributed by atoms with van der Waals surface area (Å²) in [6.07, 6.45) is 0. The van der Waals surface area contributed by atoms with Crippen molar-refractivity contribution in [3.8, 4) is 11.5 Å². The summed E-state index contributed by atoms with van der Waals surface area (Å²) >= 11 is 1.55. The quantitative estimate of drug-likeness (QED) is 0.591. The second-order valence-corrected chi connectivity index (χ2v) is 6.76. The summed E-state index contributed by atoms with van der Waals surface area (Å²) in [6, 6.07) is 21.4. The average molecular weight is 367 g/mol. The molecular weight excluding hydrogens is 346 g/mol. The van der Waals surface area contributed by atoms with Gasteiger partial charge in [0.1, 0.15) is 11.5 Å². The van der Waals surface area contributed by atoms with Gasteiger partial charge in [0.2, 0.25) is 5.91 Å². The van der Waals surface area contributed by atoms with Crippen molar-refractivity contribution in [3.05, 3.63) is 66.7 Å². The van der Waals surface area contributed by atoms with E-state index < -0.39 is 0 Å². The van der Waals surface area contributed by atoms with Gasteiger partial charge < -0.3 is 14.8 Å². The summed E-state index contributed by atoms with van der Waals surface area (Å²) in [4.78, 5) is 12.2. The number of rotatable bonds is 8. The monoisotopic (exact) mass is 367 g/mol. The molecular formula is C21H21NO3S. The molecule has 0 atom stereocenters. The Morgan fingerprint density at radius 2 is 1.69 bits per heavy atom. The van der Waals surface area contributed by atoms with Crippen molar-refractivity contribution in [2.24, 2.45) is 0 Å². The van der Waals surface area contributed by atoms with Crippen LogP contribution < -0.4 is 14.8 Å². The molecule has 0 bridgehead atoms. The molecule has 0 aliphatic carbocycles. The van der Waals surface area contributed by atoms with Crippen LogP contribution in [0.5, 0.6) is 11.5 Å². The number of hydrogen-bond acceptors (Lipinski definition) is 4. The van der Waals surface area contributed by atoms with E-state index in [0.29, 0.717) is 12.4 Å². The van der Waals surface area contributed by atoms with Crippen LogP contribution in [-0.2, 0) is 4.79 Å². The molecule has 0 spiro atoms. The van der Waals surface area contributed by atoms with Crippen LogP contribution in [0.1, 0.15) is 0 Å². The maximum absolute atomic E-state index is 12.2. The number of amides is 1. The second kappa shape index (κ2) is 9.15. The molecule has 0 radical (unpaired) electrons. The molecule has 5 heteroatoms. The van der Waals surface area contributed by atoms with E-state index in [9.17, 15) is 4.79 Å². The zero-order chi connectivity index (χ0) is 18.2. The fourth-order valence-corrected chi connectivity index (χ4v) is 3.18. The number of carbonyl (C=O) groups is 1. The highest BCUT2D eigenvalue weighted by Crippen LogP contribution is 2.23. The Kier molecular flexibility index (Phi) is 6.39. The Labute approximate surface area is 157 Å². The Balaban J connectivity index is 1.41. The summed E-state index contributed by atoms with van der Waals surface area (Å²) in [5, 5.41) is 5.16. The van der Waals surface area contributed by atoms with Crippen molar-refractivity contribution in [2.75, 3.05) is 30.5 Å². The molecule has 4 nitrogen and oxygen atoms in total. The van der Waals surface area contributed by atoms with Crippen molar-refractivity contribution >= 4 is 34.1 Å². The molecule has 0 aromatic heterocycles. The van der Waals surface area contributed by atoms with E-state index in [-0.39, 0.29) is 5.91 Å². The van der Waals surface area contributed by atoms with Crippen LogP contribution in [0.15, 0.2) is 66.7 Å². The highest BCUT2D eigenvalue weighted by molar-refractivity contribution is 7.99. The predicted octanol–water partition coefficient (Wildman–Crippen LogP) is 4.60. The highest BCUT2D eigenvalue weighted by Gasteiger charge is 2.06. The minimum Gasteiger partial charge on any atom is -0.497 e. The van der Waals surface area contributed by atoms with Gasteiger partial charge in [-0.1, -0.05) is 36.4 Å². The van der Waals surface area contributed by atoms with E-state index in [2.05, 4.69) is 5.32 Å². The maximum atomic E-state index is 12.2. The van der Waals surface area contributed by atoms with E-state index in [0.717, 1.165) is 33.7 Å². The normalized spacial score (nSPS) is 10.5. The maximum Gasteiger partial charge on any atom is 0.234 e. The van der Waals surface area contributed by atoms with E-state index in [1.807, 2.05) is 66.7 Å². The number of anilines is 1.